The minimum Gasteiger partial charge on any atom is -0.466 e. The summed E-state index contributed by atoms with van der Waals surface area (Å²) in [4.78, 5) is 23.9. The SMILES string of the molecule is CCOC(=O)CC12CCC(C)(C(=O)C1)C2(C)C. The number of carbonyl (C=O) groups excluding carboxylic acids is 2. The fraction of sp³-hybridized carbons (Fsp3) is 0.857. The van der Waals surface area contributed by atoms with Gasteiger partial charge >= 0.3 is 5.97 Å². The molecule has 96 valence electrons. The van der Waals surface area contributed by atoms with Gasteiger partial charge in [-0.1, -0.05) is 20.8 Å². The van der Waals surface area contributed by atoms with Crippen molar-refractivity contribution >= 4 is 11.8 Å². The van der Waals surface area contributed by atoms with Gasteiger partial charge in [-0.15, -0.1) is 0 Å². The van der Waals surface area contributed by atoms with E-state index in [2.05, 4.69) is 20.8 Å². The van der Waals surface area contributed by atoms with Gasteiger partial charge in [-0.05, 0) is 30.6 Å². The number of hydrogen-bond acceptors (Lipinski definition) is 3. The van der Waals surface area contributed by atoms with Crippen LogP contribution in [0, 0.1) is 16.2 Å². The maximum Gasteiger partial charge on any atom is 0.306 e. The molecule has 2 aliphatic rings. The van der Waals surface area contributed by atoms with Crippen LogP contribution in [0.2, 0.25) is 0 Å². The van der Waals surface area contributed by atoms with Crippen LogP contribution in [0.5, 0.6) is 0 Å². The van der Waals surface area contributed by atoms with Crippen molar-refractivity contribution in [2.45, 2.75) is 53.4 Å². The van der Waals surface area contributed by atoms with Gasteiger partial charge in [0.15, 0.2) is 0 Å². The van der Waals surface area contributed by atoms with Gasteiger partial charge in [0.2, 0.25) is 0 Å². The van der Waals surface area contributed by atoms with E-state index in [0.717, 1.165) is 12.8 Å². The largest absolute Gasteiger partial charge is 0.466 e. The van der Waals surface area contributed by atoms with E-state index in [9.17, 15) is 9.59 Å². The molecule has 0 aromatic rings. The highest BCUT2D eigenvalue weighted by atomic mass is 16.5. The molecule has 0 aromatic heterocycles. The van der Waals surface area contributed by atoms with E-state index in [1.807, 2.05) is 6.92 Å². The molecule has 17 heavy (non-hydrogen) atoms. The molecule has 0 aromatic carbocycles. The Kier molecular flexibility index (Phi) is 2.64. The third-order valence-corrected chi connectivity index (χ3v) is 5.71. The fourth-order valence-corrected chi connectivity index (χ4v) is 3.86. The van der Waals surface area contributed by atoms with E-state index >= 15 is 0 Å². The van der Waals surface area contributed by atoms with Gasteiger partial charge in [-0.25, -0.2) is 0 Å². The Morgan fingerprint density at radius 1 is 1.29 bits per heavy atom. The van der Waals surface area contributed by atoms with Crippen molar-refractivity contribution in [3.63, 3.8) is 0 Å². The first kappa shape index (κ1) is 12.6. The summed E-state index contributed by atoms with van der Waals surface area (Å²) in [6.07, 6.45) is 2.84. The second-order valence-electron chi connectivity index (χ2n) is 6.32. The predicted molar refractivity (Wildman–Crippen MR) is 64.4 cm³/mol. The Bertz CT molecular complexity index is 372. The highest BCUT2D eigenvalue weighted by Gasteiger charge is 2.69. The minimum absolute atomic E-state index is 0.0934. The summed E-state index contributed by atoms with van der Waals surface area (Å²) in [6.45, 7) is 8.59. The van der Waals surface area contributed by atoms with Gasteiger partial charge < -0.3 is 4.74 Å². The summed E-state index contributed by atoms with van der Waals surface area (Å²) >= 11 is 0. The summed E-state index contributed by atoms with van der Waals surface area (Å²) in [5.74, 6) is 0.178. The third kappa shape index (κ3) is 1.40. The molecule has 0 N–H and O–H groups in total. The van der Waals surface area contributed by atoms with Gasteiger partial charge in [-0.2, -0.15) is 0 Å². The summed E-state index contributed by atoms with van der Waals surface area (Å²) in [5, 5.41) is 0. The Hall–Kier alpha value is -0.860. The molecule has 3 nitrogen and oxygen atoms in total. The molecule has 2 fully saturated rings. The molecule has 2 rings (SSSR count). The summed E-state index contributed by atoms with van der Waals surface area (Å²) < 4.78 is 5.06. The van der Waals surface area contributed by atoms with Gasteiger partial charge in [0, 0.05) is 11.8 Å². The van der Waals surface area contributed by atoms with Crippen LogP contribution in [-0.2, 0) is 14.3 Å². The molecule has 0 amide bonds. The zero-order chi connectivity index (χ0) is 12.9. The first-order chi connectivity index (χ1) is 7.79. The van der Waals surface area contributed by atoms with Crippen molar-refractivity contribution in [2.75, 3.05) is 6.61 Å². The molecule has 2 unspecified atom stereocenters. The van der Waals surface area contributed by atoms with E-state index in [0.29, 0.717) is 25.2 Å². The number of fused-ring (bicyclic) bond motifs is 2. The van der Waals surface area contributed by atoms with Gasteiger partial charge in [0.1, 0.15) is 5.78 Å². The lowest BCUT2D eigenvalue weighted by Gasteiger charge is -2.39. The first-order valence-corrected chi connectivity index (χ1v) is 6.48. The van der Waals surface area contributed by atoms with Crippen LogP contribution in [0.15, 0.2) is 0 Å². The highest BCUT2D eigenvalue weighted by molar-refractivity contribution is 5.91. The Balaban J connectivity index is 2.27. The molecule has 2 aliphatic carbocycles. The van der Waals surface area contributed by atoms with Crippen molar-refractivity contribution in [1.29, 1.82) is 0 Å². The summed E-state index contributed by atoms with van der Waals surface area (Å²) in [6, 6.07) is 0. The van der Waals surface area contributed by atoms with Crippen molar-refractivity contribution in [2.24, 2.45) is 16.2 Å². The van der Waals surface area contributed by atoms with Crippen LogP contribution in [0.25, 0.3) is 0 Å². The van der Waals surface area contributed by atoms with Crippen molar-refractivity contribution in [3.8, 4) is 0 Å². The molecule has 2 saturated carbocycles. The lowest BCUT2D eigenvalue weighted by Crippen LogP contribution is -2.37. The van der Waals surface area contributed by atoms with E-state index in [-0.39, 0.29) is 22.2 Å². The number of hydrogen-bond donors (Lipinski definition) is 0. The molecule has 2 atom stereocenters. The van der Waals surface area contributed by atoms with Crippen LogP contribution in [0.1, 0.15) is 53.4 Å². The molecule has 0 radical (unpaired) electrons. The zero-order valence-corrected chi connectivity index (χ0v) is 11.3. The third-order valence-electron chi connectivity index (χ3n) is 5.71. The topological polar surface area (TPSA) is 43.4 Å². The minimum atomic E-state index is -0.237. The van der Waals surface area contributed by atoms with E-state index < -0.39 is 0 Å². The van der Waals surface area contributed by atoms with Crippen LogP contribution >= 0.6 is 0 Å². The Morgan fingerprint density at radius 3 is 2.35 bits per heavy atom. The molecule has 0 aliphatic heterocycles. The molecule has 0 saturated heterocycles. The number of rotatable bonds is 3. The standard InChI is InChI=1S/C14H22O3/c1-5-17-11(16)9-14-7-6-13(4,10(15)8-14)12(14,2)3/h5-9H2,1-4H3. The predicted octanol–water partition coefficient (Wildman–Crippen LogP) is 2.73. The maximum atomic E-state index is 12.2. The van der Waals surface area contributed by atoms with Crippen LogP contribution < -0.4 is 0 Å². The fourth-order valence-electron chi connectivity index (χ4n) is 3.86. The molecular weight excluding hydrogens is 216 g/mol. The molecule has 3 heteroatoms. The van der Waals surface area contributed by atoms with E-state index in [4.69, 9.17) is 4.74 Å². The van der Waals surface area contributed by atoms with Gasteiger partial charge in [0.05, 0.1) is 13.0 Å². The van der Waals surface area contributed by atoms with Crippen LogP contribution in [0.4, 0.5) is 0 Å². The second-order valence-corrected chi connectivity index (χ2v) is 6.32. The summed E-state index contributed by atoms with van der Waals surface area (Å²) in [5.41, 5.74) is -0.492. The number of esters is 1. The normalized spacial score (nSPS) is 38.5. The van der Waals surface area contributed by atoms with Crippen LogP contribution in [-0.4, -0.2) is 18.4 Å². The number of ether oxygens (including phenoxy) is 1. The molecule has 0 heterocycles. The Morgan fingerprint density at radius 2 is 1.94 bits per heavy atom. The maximum absolute atomic E-state index is 12.2. The average molecular weight is 238 g/mol. The molecule has 0 spiro atoms. The quantitative estimate of drug-likeness (QED) is 0.710. The molecular formula is C14H22O3. The summed E-state index contributed by atoms with van der Waals surface area (Å²) in [7, 11) is 0. The van der Waals surface area contributed by atoms with Crippen molar-refractivity contribution < 1.29 is 14.3 Å². The Labute approximate surface area is 103 Å². The number of carbonyl (C=O) groups is 2. The van der Waals surface area contributed by atoms with Gasteiger partial charge in [-0.3, -0.25) is 9.59 Å². The lowest BCUT2D eigenvalue weighted by atomic mass is 9.64. The van der Waals surface area contributed by atoms with Crippen LogP contribution in [0.3, 0.4) is 0 Å². The smallest absolute Gasteiger partial charge is 0.306 e. The van der Waals surface area contributed by atoms with Crippen molar-refractivity contribution in [1.82, 2.24) is 0 Å². The van der Waals surface area contributed by atoms with E-state index in [1.165, 1.54) is 0 Å². The number of Topliss-reactive ketones (excluding diaryl/α,β-unsaturated/α-hetero) is 1. The monoisotopic (exact) mass is 238 g/mol. The second kappa shape index (κ2) is 3.56. The van der Waals surface area contributed by atoms with E-state index in [1.54, 1.807) is 0 Å². The lowest BCUT2D eigenvalue weighted by molar-refractivity contribution is -0.147. The highest BCUT2D eigenvalue weighted by Crippen LogP contribution is 2.71. The zero-order valence-electron chi connectivity index (χ0n) is 11.3. The first-order valence-electron chi connectivity index (χ1n) is 6.48. The molecule has 2 bridgehead atoms. The average Bonchev–Trinajstić information content (AvgIpc) is 2.48. The van der Waals surface area contributed by atoms with Crippen molar-refractivity contribution in [3.05, 3.63) is 0 Å². The number of ketones is 1. The van der Waals surface area contributed by atoms with Gasteiger partial charge in [0.25, 0.3) is 0 Å².